The fourth-order valence-corrected chi connectivity index (χ4v) is 2.72. The van der Waals surface area contributed by atoms with Gasteiger partial charge in [0.25, 0.3) is 11.6 Å². The van der Waals surface area contributed by atoms with Crippen LogP contribution in [0.15, 0.2) is 66.7 Å². The van der Waals surface area contributed by atoms with Crippen LogP contribution in [0.3, 0.4) is 0 Å². The third-order valence-corrected chi connectivity index (χ3v) is 4.15. The van der Waals surface area contributed by atoms with Crippen molar-refractivity contribution in [1.82, 2.24) is 0 Å². The molecule has 0 radical (unpaired) electrons. The fraction of sp³-hybridized carbons (Fsp3) is 0.0952. The summed E-state index contributed by atoms with van der Waals surface area (Å²) >= 11 is 0. The third kappa shape index (κ3) is 4.62. The molecule has 3 aromatic rings. The van der Waals surface area contributed by atoms with Crippen molar-refractivity contribution in [2.45, 2.75) is 0 Å². The van der Waals surface area contributed by atoms with Crippen LogP contribution < -0.4 is 20.1 Å². The van der Waals surface area contributed by atoms with Gasteiger partial charge in [0.15, 0.2) is 11.5 Å². The van der Waals surface area contributed by atoms with E-state index in [-0.39, 0.29) is 11.3 Å². The normalized spacial score (nSPS) is 10.1. The molecule has 0 fully saturated rings. The topological polar surface area (TPSA) is 103 Å². The molecule has 8 nitrogen and oxygen atoms in total. The van der Waals surface area contributed by atoms with E-state index in [0.29, 0.717) is 28.6 Å². The van der Waals surface area contributed by atoms with Gasteiger partial charge in [-0.05, 0) is 36.4 Å². The standard InChI is InChI=1S/C21H19N3O5/c1-28-19-11-9-16(13-20(19)29-2)23-21(25)14-8-10-17(18(12-14)24(26)27)22-15-6-4-3-5-7-15/h3-13,22H,1-2H3,(H,23,25). The number of carbonyl (C=O) groups excluding carboxylic acids is 1. The summed E-state index contributed by atoms with van der Waals surface area (Å²) in [7, 11) is 3.01. The number of nitrogens with one attached hydrogen (secondary N) is 2. The summed E-state index contributed by atoms with van der Waals surface area (Å²) < 4.78 is 10.4. The van der Waals surface area contributed by atoms with Gasteiger partial charge in [0.1, 0.15) is 5.69 Å². The summed E-state index contributed by atoms with van der Waals surface area (Å²) in [6.45, 7) is 0. The van der Waals surface area contributed by atoms with Gasteiger partial charge in [-0.1, -0.05) is 18.2 Å². The molecular formula is C21H19N3O5. The Bertz CT molecular complexity index is 1040. The Morgan fingerprint density at radius 2 is 1.62 bits per heavy atom. The number of anilines is 3. The highest BCUT2D eigenvalue weighted by Crippen LogP contribution is 2.31. The number of hydrogen-bond acceptors (Lipinski definition) is 6. The van der Waals surface area contributed by atoms with Crippen LogP contribution >= 0.6 is 0 Å². The zero-order valence-corrected chi connectivity index (χ0v) is 15.8. The number of amides is 1. The quantitative estimate of drug-likeness (QED) is 0.449. The highest BCUT2D eigenvalue weighted by atomic mass is 16.6. The number of nitrogens with zero attached hydrogens (tertiary/aromatic N) is 1. The number of para-hydroxylation sites is 1. The van der Waals surface area contributed by atoms with Crippen LogP contribution in [0, 0.1) is 10.1 Å². The van der Waals surface area contributed by atoms with E-state index in [9.17, 15) is 14.9 Å². The molecule has 3 rings (SSSR count). The van der Waals surface area contributed by atoms with Crippen molar-refractivity contribution in [3.8, 4) is 11.5 Å². The second kappa shape index (κ2) is 8.75. The Morgan fingerprint density at radius 1 is 0.897 bits per heavy atom. The van der Waals surface area contributed by atoms with Gasteiger partial charge in [0.2, 0.25) is 0 Å². The Morgan fingerprint density at radius 3 is 2.28 bits per heavy atom. The molecule has 0 aromatic heterocycles. The molecule has 29 heavy (non-hydrogen) atoms. The summed E-state index contributed by atoms with van der Waals surface area (Å²) in [5.41, 5.74) is 1.43. The first-order valence-electron chi connectivity index (χ1n) is 8.65. The number of ether oxygens (including phenoxy) is 2. The van der Waals surface area contributed by atoms with Gasteiger partial charge in [-0.25, -0.2) is 0 Å². The average Bonchev–Trinajstić information content (AvgIpc) is 2.74. The minimum atomic E-state index is -0.529. The van der Waals surface area contributed by atoms with E-state index in [4.69, 9.17) is 9.47 Å². The number of nitro groups is 1. The first-order valence-corrected chi connectivity index (χ1v) is 8.65. The van der Waals surface area contributed by atoms with Gasteiger partial charge in [-0.2, -0.15) is 0 Å². The summed E-state index contributed by atoms with van der Waals surface area (Å²) in [5, 5.41) is 17.2. The fourth-order valence-electron chi connectivity index (χ4n) is 2.72. The molecular weight excluding hydrogens is 374 g/mol. The molecule has 0 aliphatic heterocycles. The number of hydrogen-bond donors (Lipinski definition) is 2. The molecule has 3 aromatic carbocycles. The predicted molar refractivity (Wildman–Crippen MR) is 110 cm³/mol. The lowest BCUT2D eigenvalue weighted by molar-refractivity contribution is -0.383. The zero-order chi connectivity index (χ0) is 20.8. The maximum absolute atomic E-state index is 12.6. The van der Waals surface area contributed by atoms with Gasteiger partial charge in [0, 0.05) is 29.1 Å². The van der Waals surface area contributed by atoms with Crippen molar-refractivity contribution in [2.24, 2.45) is 0 Å². The summed E-state index contributed by atoms with van der Waals surface area (Å²) in [6, 6.07) is 18.3. The SMILES string of the molecule is COc1ccc(NC(=O)c2ccc(Nc3ccccc3)c([N+](=O)[O-])c2)cc1OC. The first-order chi connectivity index (χ1) is 14.0. The lowest BCUT2D eigenvalue weighted by atomic mass is 10.1. The van der Waals surface area contributed by atoms with E-state index in [1.807, 2.05) is 18.2 Å². The van der Waals surface area contributed by atoms with Gasteiger partial charge in [0.05, 0.1) is 19.1 Å². The van der Waals surface area contributed by atoms with E-state index in [1.54, 1.807) is 30.3 Å². The van der Waals surface area contributed by atoms with E-state index in [2.05, 4.69) is 10.6 Å². The minimum Gasteiger partial charge on any atom is -0.493 e. The molecule has 1 amide bonds. The largest absolute Gasteiger partial charge is 0.493 e. The first kappa shape index (κ1) is 19.7. The van der Waals surface area contributed by atoms with Gasteiger partial charge < -0.3 is 20.1 Å². The van der Waals surface area contributed by atoms with Crippen LogP contribution in [-0.4, -0.2) is 25.1 Å². The van der Waals surface area contributed by atoms with Crippen molar-refractivity contribution >= 4 is 28.7 Å². The molecule has 0 bridgehead atoms. The van der Waals surface area contributed by atoms with Crippen molar-refractivity contribution in [1.29, 1.82) is 0 Å². The van der Waals surface area contributed by atoms with E-state index < -0.39 is 10.8 Å². The third-order valence-electron chi connectivity index (χ3n) is 4.15. The minimum absolute atomic E-state index is 0.157. The maximum Gasteiger partial charge on any atom is 0.293 e. The van der Waals surface area contributed by atoms with Crippen LogP contribution in [-0.2, 0) is 0 Å². The molecule has 0 saturated carbocycles. The van der Waals surface area contributed by atoms with Crippen LogP contribution in [0.25, 0.3) is 0 Å². The molecule has 2 N–H and O–H groups in total. The van der Waals surface area contributed by atoms with Crippen molar-refractivity contribution < 1.29 is 19.2 Å². The van der Waals surface area contributed by atoms with Crippen molar-refractivity contribution in [3.63, 3.8) is 0 Å². The molecule has 0 unspecified atom stereocenters. The Balaban J connectivity index is 1.84. The van der Waals surface area contributed by atoms with Crippen LogP contribution in [0.5, 0.6) is 11.5 Å². The second-order valence-electron chi connectivity index (χ2n) is 6.00. The number of benzene rings is 3. The lowest BCUT2D eigenvalue weighted by Crippen LogP contribution is -2.12. The predicted octanol–water partition coefficient (Wildman–Crippen LogP) is 4.61. The zero-order valence-electron chi connectivity index (χ0n) is 15.8. The van der Waals surface area contributed by atoms with Crippen molar-refractivity contribution in [3.05, 3.63) is 82.4 Å². The number of rotatable bonds is 7. The molecule has 0 spiro atoms. The average molecular weight is 393 g/mol. The molecule has 0 aliphatic carbocycles. The lowest BCUT2D eigenvalue weighted by Gasteiger charge is -2.11. The Hall–Kier alpha value is -4.07. The Kier molecular flexibility index (Phi) is 5.94. The van der Waals surface area contributed by atoms with E-state index in [0.717, 1.165) is 0 Å². The molecule has 0 heterocycles. The van der Waals surface area contributed by atoms with Gasteiger partial charge >= 0.3 is 0 Å². The summed E-state index contributed by atoms with van der Waals surface area (Å²) in [6.07, 6.45) is 0. The number of methoxy groups -OCH3 is 2. The summed E-state index contributed by atoms with van der Waals surface area (Å²) in [5.74, 6) is 0.503. The van der Waals surface area contributed by atoms with Crippen molar-refractivity contribution in [2.75, 3.05) is 24.9 Å². The van der Waals surface area contributed by atoms with Crippen LogP contribution in [0.1, 0.15) is 10.4 Å². The molecule has 8 heteroatoms. The smallest absolute Gasteiger partial charge is 0.293 e. The monoisotopic (exact) mass is 393 g/mol. The summed E-state index contributed by atoms with van der Waals surface area (Å²) in [4.78, 5) is 23.6. The van der Waals surface area contributed by atoms with Crippen LogP contribution in [0.2, 0.25) is 0 Å². The molecule has 148 valence electrons. The van der Waals surface area contributed by atoms with E-state index in [1.165, 1.54) is 32.4 Å². The highest BCUT2D eigenvalue weighted by Gasteiger charge is 2.18. The Labute approximate surface area is 167 Å². The van der Waals surface area contributed by atoms with E-state index >= 15 is 0 Å². The molecule has 0 aliphatic rings. The second-order valence-corrected chi connectivity index (χ2v) is 6.00. The maximum atomic E-state index is 12.6. The highest BCUT2D eigenvalue weighted by molar-refractivity contribution is 6.05. The number of carbonyl (C=O) groups is 1. The number of nitro benzene ring substituents is 1. The van der Waals surface area contributed by atoms with Gasteiger partial charge in [-0.3, -0.25) is 14.9 Å². The molecule has 0 saturated heterocycles. The van der Waals surface area contributed by atoms with Gasteiger partial charge in [-0.15, -0.1) is 0 Å². The van der Waals surface area contributed by atoms with Crippen LogP contribution in [0.4, 0.5) is 22.7 Å². The molecule has 0 atom stereocenters.